The van der Waals surface area contributed by atoms with E-state index in [0.29, 0.717) is 34.3 Å². The minimum Gasteiger partial charge on any atom is -0.475 e. The van der Waals surface area contributed by atoms with Crippen molar-refractivity contribution in [1.82, 2.24) is 4.98 Å². The number of carbonyl (C=O) groups is 1. The molecule has 0 radical (unpaired) electrons. The van der Waals surface area contributed by atoms with Gasteiger partial charge in [0.15, 0.2) is 11.9 Å². The second-order valence-corrected chi connectivity index (χ2v) is 5.40. The highest BCUT2D eigenvalue weighted by molar-refractivity contribution is 6.39. The van der Waals surface area contributed by atoms with Gasteiger partial charge in [-0.3, -0.25) is 0 Å². The van der Waals surface area contributed by atoms with Gasteiger partial charge in [0, 0.05) is 17.5 Å². The lowest BCUT2D eigenvalue weighted by atomic mass is 10.2. The molecular formula is C14H11Cl2NO3. The molecule has 0 aliphatic carbocycles. The van der Waals surface area contributed by atoms with E-state index in [1.165, 1.54) is 0 Å². The summed E-state index contributed by atoms with van der Waals surface area (Å²) in [4.78, 5) is 15.9. The number of pyridine rings is 1. The van der Waals surface area contributed by atoms with Crippen LogP contribution in [0.3, 0.4) is 0 Å². The van der Waals surface area contributed by atoms with E-state index >= 15 is 0 Å². The van der Waals surface area contributed by atoms with Crippen molar-refractivity contribution in [3.63, 3.8) is 0 Å². The van der Waals surface area contributed by atoms with E-state index in [1.54, 1.807) is 6.07 Å². The predicted octanol–water partition coefficient (Wildman–Crippen LogP) is 3.54. The molecule has 104 valence electrons. The summed E-state index contributed by atoms with van der Waals surface area (Å²) in [5, 5.41) is 1.57. The van der Waals surface area contributed by atoms with Gasteiger partial charge in [-0.2, -0.15) is 0 Å². The number of halogens is 2. The Morgan fingerprint density at radius 2 is 2.15 bits per heavy atom. The SMILES string of the molecule is Cc1ccc2c(Cl)cc(Cl)c(OC3CCOC3=O)c2n1. The van der Waals surface area contributed by atoms with Crippen LogP contribution >= 0.6 is 23.2 Å². The maximum Gasteiger partial charge on any atom is 0.347 e. The van der Waals surface area contributed by atoms with Crippen molar-refractivity contribution < 1.29 is 14.3 Å². The summed E-state index contributed by atoms with van der Waals surface area (Å²) < 4.78 is 10.6. The first-order valence-corrected chi connectivity index (χ1v) is 6.90. The monoisotopic (exact) mass is 311 g/mol. The minimum absolute atomic E-state index is 0.334. The molecule has 1 aliphatic rings. The van der Waals surface area contributed by atoms with Crippen LogP contribution < -0.4 is 4.74 Å². The molecule has 3 rings (SSSR count). The normalized spacial score (nSPS) is 18.4. The van der Waals surface area contributed by atoms with Crippen LogP contribution in [0, 0.1) is 6.92 Å². The second-order valence-electron chi connectivity index (χ2n) is 4.58. The van der Waals surface area contributed by atoms with Gasteiger partial charge in [-0.05, 0) is 25.1 Å². The number of ether oxygens (including phenoxy) is 2. The highest BCUT2D eigenvalue weighted by Gasteiger charge is 2.30. The molecule has 0 N–H and O–H groups in total. The number of hydrogen-bond donors (Lipinski definition) is 0. The fourth-order valence-corrected chi connectivity index (χ4v) is 2.69. The number of aromatic nitrogens is 1. The molecule has 0 spiro atoms. The Bertz CT molecular complexity index is 702. The van der Waals surface area contributed by atoms with Crippen molar-refractivity contribution in [3.8, 4) is 5.75 Å². The molecule has 4 nitrogen and oxygen atoms in total. The first kappa shape index (κ1) is 13.5. The molecule has 2 heterocycles. The number of carbonyl (C=O) groups excluding carboxylic acids is 1. The average Bonchev–Trinajstić information content (AvgIpc) is 2.79. The molecule has 1 atom stereocenters. The topological polar surface area (TPSA) is 48.4 Å². The zero-order valence-electron chi connectivity index (χ0n) is 10.7. The minimum atomic E-state index is -0.640. The Morgan fingerprint density at radius 3 is 2.85 bits per heavy atom. The first-order chi connectivity index (χ1) is 9.56. The van der Waals surface area contributed by atoms with E-state index in [-0.39, 0.29) is 5.97 Å². The predicted molar refractivity (Wildman–Crippen MR) is 76.5 cm³/mol. The van der Waals surface area contributed by atoms with E-state index in [0.717, 1.165) is 11.1 Å². The summed E-state index contributed by atoms with van der Waals surface area (Å²) in [6.07, 6.45) is -0.135. The van der Waals surface area contributed by atoms with Gasteiger partial charge in [0.25, 0.3) is 0 Å². The third-order valence-electron chi connectivity index (χ3n) is 3.12. The Labute approximate surface area is 125 Å². The summed E-state index contributed by atoms with van der Waals surface area (Å²) in [6, 6.07) is 5.31. The number of fused-ring (bicyclic) bond motifs is 1. The van der Waals surface area contributed by atoms with Crippen LogP contribution in [-0.2, 0) is 9.53 Å². The van der Waals surface area contributed by atoms with Crippen molar-refractivity contribution in [2.24, 2.45) is 0 Å². The zero-order chi connectivity index (χ0) is 14.3. The van der Waals surface area contributed by atoms with E-state index in [1.807, 2.05) is 19.1 Å². The van der Waals surface area contributed by atoms with Gasteiger partial charge in [-0.15, -0.1) is 0 Å². The quantitative estimate of drug-likeness (QED) is 0.796. The fraction of sp³-hybridized carbons (Fsp3) is 0.286. The Balaban J connectivity index is 2.13. The van der Waals surface area contributed by atoms with Gasteiger partial charge in [0.05, 0.1) is 16.7 Å². The molecule has 1 aromatic carbocycles. The highest BCUT2D eigenvalue weighted by atomic mass is 35.5. The van der Waals surface area contributed by atoms with Crippen LogP contribution in [0.5, 0.6) is 5.75 Å². The molecule has 0 saturated carbocycles. The zero-order valence-corrected chi connectivity index (χ0v) is 12.2. The molecular weight excluding hydrogens is 301 g/mol. The summed E-state index contributed by atoms with van der Waals surface area (Å²) in [5.74, 6) is -0.00423. The van der Waals surface area contributed by atoms with E-state index < -0.39 is 6.10 Å². The highest BCUT2D eigenvalue weighted by Crippen LogP contribution is 2.38. The molecule has 1 aromatic heterocycles. The Morgan fingerprint density at radius 1 is 1.35 bits per heavy atom. The lowest BCUT2D eigenvalue weighted by molar-refractivity contribution is -0.143. The maximum absolute atomic E-state index is 11.5. The Kier molecular flexibility index (Phi) is 3.44. The van der Waals surface area contributed by atoms with Gasteiger partial charge in [-0.25, -0.2) is 9.78 Å². The van der Waals surface area contributed by atoms with Crippen LogP contribution in [0.4, 0.5) is 0 Å². The van der Waals surface area contributed by atoms with E-state index in [9.17, 15) is 4.79 Å². The number of cyclic esters (lactones) is 1. The Hall–Kier alpha value is -1.52. The third kappa shape index (κ3) is 2.30. The number of aryl methyl sites for hydroxylation is 1. The van der Waals surface area contributed by atoms with Gasteiger partial charge < -0.3 is 9.47 Å². The first-order valence-electron chi connectivity index (χ1n) is 6.15. The van der Waals surface area contributed by atoms with Crippen LogP contribution in [0.25, 0.3) is 10.9 Å². The lowest BCUT2D eigenvalue weighted by Gasteiger charge is -2.14. The van der Waals surface area contributed by atoms with Gasteiger partial charge in [0.2, 0.25) is 0 Å². The third-order valence-corrected chi connectivity index (χ3v) is 3.72. The number of benzene rings is 1. The molecule has 0 amide bonds. The largest absolute Gasteiger partial charge is 0.475 e. The number of esters is 1. The molecule has 0 bridgehead atoms. The molecule has 6 heteroatoms. The molecule has 20 heavy (non-hydrogen) atoms. The molecule has 1 unspecified atom stereocenters. The fourth-order valence-electron chi connectivity index (χ4n) is 2.13. The number of nitrogens with zero attached hydrogens (tertiary/aromatic N) is 1. The van der Waals surface area contributed by atoms with Crippen LogP contribution in [0.1, 0.15) is 12.1 Å². The van der Waals surface area contributed by atoms with E-state index in [4.69, 9.17) is 32.7 Å². The molecule has 2 aromatic rings. The average molecular weight is 312 g/mol. The van der Waals surface area contributed by atoms with Crippen LogP contribution in [0.15, 0.2) is 18.2 Å². The number of hydrogen-bond acceptors (Lipinski definition) is 4. The summed E-state index contributed by atoms with van der Waals surface area (Å²) in [5.41, 5.74) is 1.37. The molecule has 1 saturated heterocycles. The molecule has 1 aliphatic heterocycles. The lowest BCUT2D eigenvalue weighted by Crippen LogP contribution is -2.22. The van der Waals surface area contributed by atoms with Crippen molar-refractivity contribution >= 4 is 40.1 Å². The van der Waals surface area contributed by atoms with E-state index in [2.05, 4.69) is 4.98 Å². The second kappa shape index (κ2) is 5.11. The van der Waals surface area contributed by atoms with Crippen LogP contribution in [-0.4, -0.2) is 23.7 Å². The summed E-state index contributed by atoms with van der Waals surface area (Å²) in [6.45, 7) is 2.22. The summed E-state index contributed by atoms with van der Waals surface area (Å²) >= 11 is 12.3. The van der Waals surface area contributed by atoms with Gasteiger partial charge in [-0.1, -0.05) is 23.2 Å². The van der Waals surface area contributed by atoms with Crippen molar-refractivity contribution in [1.29, 1.82) is 0 Å². The van der Waals surface area contributed by atoms with Crippen molar-refractivity contribution in [2.45, 2.75) is 19.4 Å². The maximum atomic E-state index is 11.5. The number of rotatable bonds is 2. The van der Waals surface area contributed by atoms with Crippen LogP contribution in [0.2, 0.25) is 10.0 Å². The summed E-state index contributed by atoms with van der Waals surface area (Å²) in [7, 11) is 0. The van der Waals surface area contributed by atoms with Gasteiger partial charge in [0.1, 0.15) is 5.52 Å². The van der Waals surface area contributed by atoms with Gasteiger partial charge >= 0.3 is 5.97 Å². The molecule has 1 fully saturated rings. The standard InChI is InChI=1S/C14H11Cl2NO3/c1-7-2-3-8-9(15)6-10(16)13(12(8)17-7)20-11-4-5-19-14(11)18/h2-3,6,11H,4-5H2,1H3. The smallest absolute Gasteiger partial charge is 0.347 e. The van der Waals surface area contributed by atoms with Crippen molar-refractivity contribution in [2.75, 3.05) is 6.61 Å². The van der Waals surface area contributed by atoms with Crippen molar-refractivity contribution in [3.05, 3.63) is 33.9 Å².